The summed E-state index contributed by atoms with van der Waals surface area (Å²) in [7, 11) is 1.91. The number of hydrogen-bond acceptors (Lipinski definition) is 6. The number of aromatic nitrogens is 3. The lowest BCUT2D eigenvalue weighted by atomic mass is 9.91. The van der Waals surface area contributed by atoms with Crippen LogP contribution >= 0.6 is 0 Å². The van der Waals surface area contributed by atoms with E-state index < -0.39 is 5.82 Å². The topological polar surface area (TPSA) is 107 Å². The summed E-state index contributed by atoms with van der Waals surface area (Å²) < 4.78 is 22.7. The highest BCUT2D eigenvalue weighted by Crippen LogP contribution is 2.37. The first-order chi connectivity index (χ1) is 25.7. The van der Waals surface area contributed by atoms with Gasteiger partial charge in [-0.3, -0.25) is 19.4 Å². The number of phenols is 1. The van der Waals surface area contributed by atoms with Crippen molar-refractivity contribution in [2.24, 2.45) is 7.05 Å². The summed E-state index contributed by atoms with van der Waals surface area (Å²) in [4.78, 5) is 43.4. The maximum absolute atomic E-state index is 15.2. The van der Waals surface area contributed by atoms with E-state index in [2.05, 4.69) is 27.0 Å². The van der Waals surface area contributed by atoms with Crippen LogP contribution in [0.5, 0.6) is 5.75 Å². The Kier molecular flexibility index (Phi) is 9.05. The van der Waals surface area contributed by atoms with Crippen molar-refractivity contribution in [3.63, 3.8) is 0 Å². The fraction of sp³-hybridized carbons (Fsp3) is 0.262. The number of aryl methyl sites for hydroxylation is 2. The molecule has 2 aliphatic heterocycles. The van der Waals surface area contributed by atoms with Gasteiger partial charge in [0.05, 0.1) is 36.4 Å². The normalized spacial score (nSPS) is 16.2. The highest BCUT2D eigenvalue weighted by molar-refractivity contribution is 6.14. The molecule has 0 unspecified atom stereocenters. The zero-order chi connectivity index (χ0) is 36.8. The van der Waals surface area contributed by atoms with Crippen molar-refractivity contribution in [3.05, 3.63) is 131 Å². The first kappa shape index (κ1) is 34.3. The fourth-order valence-corrected chi connectivity index (χ4v) is 7.84. The molecule has 0 bridgehead atoms. The molecular weight excluding hydrogens is 671 g/mol. The Balaban J connectivity index is 1.19. The van der Waals surface area contributed by atoms with E-state index in [0.717, 1.165) is 29.7 Å². The van der Waals surface area contributed by atoms with Crippen LogP contribution in [0.15, 0.2) is 91.3 Å². The fourth-order valence-electron chi connectivity index (χ4n) is 7.84. The van der Waals surface area contributed by atoms with Crippen molar-refractivity contribution >= 4 is 34.2 Å². The van der Waals surface area contributed by atoms with E-state index in [0.29, 0.717) is 77.7 Å². The van der Waals surface area contributed by atoms with Gasteiger partial charge in [-0.25, -0.2) is 9.37 Å². The average molecular weight is 713 g/mol. The van der Waals surface area contributed by atoms with Crippen LogP contribution in [0.4, 0.5) is 15.8 Å². The van der Waals surface area contributed by atoms with Crippen LogP contribution in [0.1, 0.15) is 43.1 Å². The first-order valence-corrected chi connectivity index (χ1v) is 17.9. The SMILES string of the molecule is Cc1[nH]c(-c2cc(F)ccc2C(=O)N2Cc3ccccc3C[C@H]2CN2CCOCC2)c(C)c1C(=O)N(c1ccc(O)cc1)c1cnc2c(ccn2C)c1. The van der Waals surface area contributed by atoms with Crippen molar-refractivity contribution in [2.45, 2.75) is 32.9 Å². The molecule has 1 saturated heterocycles. The highest BCUT2D eigenvalue weighted by atomic mass is 19.1. The number of phenolic OH excluding ortho intramolecular Hbond substituents is 1. The van der Waals surface area contributed by atoms with Gasteiger partial charge in [-0.05, 0) is 91.6 Å². The Hall–Kier alpha value is -5.78. The predicted octanol–water partition coefficient (Wildman–Crippen LogP) is 6.91. The number of aromatic hydroxyl groups is 1. The molecule has 0 radical (unpaired) electrons. The number of aromatic amines is 1. The molecule has 11 heteroatoms. The smallest absolute Gasteiger partial charge is 0.264 e. The minimum atomic E-state index is -0.488. The van der Waals surface area contributed by atoms with Crippen molar-refractivity contribution in [1.29, 1.82) is 0 Å². The van der Waals surface area contributed by atoms with Gasteiger partial charge in [0.15, 0.2) is 0 Å². The van der Waals surface area contributed by atoms with Crippen LogP contribution in [0.25, 0.3) is 22.3 Å². The molecule has 270 valence electrons. The summed E-state index contributed by atoms with van der Waals surface area (Å²) >= 11 is 0. The van der Waals surface area contributed by atoms with E-state index in [-0.39, 0.29) is 23.6 Å². The Labute approximate surface area is 307 Å². The Bertz CT molecular complexity index is 2340. The summed E-state index contributed by atoms with van der Waals surface area (Å²) in [5, 5.41) is 10.9. The average Bonchev–Trinajstić information content (AvgIpc) is 3.69. The second kappa shape index (κ2) is 14.0. The van der Waals surface area contributed by atoms with Crippen LogP contribution in [0.3, 0.4) is 0 Å². The minimum Gasteiger partial charge on any atom is -0.508 e. The molecule has 10 nitrogen and oxygen atoms in total. The number of benzene rings is 3. The number of ether oxygens (including phenoxy) is 1. The number of halogens is 1. The van der Waals surface area contributed by atoms with Crippen LogP contribution < -0.4 is 4.90 Å². The maximum atomic E-state index is 15.2. The van der Waals surface area contributed by atoms with Crippen molar-refractivity contribution in [3.8, 4) is 17.0 Å². The van der Waals surface area contributed by atoms with Gasteiger partial charge in [-0.15, -0.1) is 0 Å². The van der Waals surface area contributed by atoms with Gasteiger partial charge in [-0.2, -0.15) is 0 Å². The molecule has 5 heterocycles. The summed E-state index contributed by atoms with van der Waals surface area (Å²) in [6.45, 7) is 7.69. The lowest BCUT2D eigenvalue weighted by molar-refractivity contribution is 0.0193. The predicted molar refractivity (Wildman–Crippen MR) is 202 cm³/mol. The zero-order valence-electron chi connectivity index (χ0n) is 30.0. The molecule has 3 aromatic heterocycles. The number of hydrogen-bond donors (Lipinski definition) is 2. The van der Waals surface area contributed by atoms with E-state index in [1.165, 1.54) is 29.8 Å². The molecule has 3 aromatic carbocycles. The van der Waals surface area contributed by atoms with Gasteiger partial charge < -0.3 is 24.3 Å². The Morgan fingerprint density at radius 3 is 2.51 bits per heavy atom. The number of carbonyl (C=O) groups excluding carboxylic acids is 2. The number of fused-ring (bicyclic) bond motifs is 2. The molecular formula is C42H41FN6O4. The third kappa shape index (κ3) is 6.47. The van der Waals surface area contributed by atoms with Gasteiger partial charge in [-0.1, -0.05) is 24.3 Å². The second-order valence-corrected chi connectivity index (χ2v) is 14.0. The Morgan fingerprint density at radius 2 is 1.74 bits per heavy atom. The molecule has 1 atom stereocenters. The number of morpholine rings is 1. The number of carbonyl (C=O) groups is 2. The molecule has 2 amide bonds. The van der Waals surface area contributed by atoms with Crippen LogP contribution in [0.2, 0.25) is 0 Å². The third-order valence-corrected chi connectivity index (χ3v) is 10.6. The van der Waals surface area contributed by atoms with Gasteiger partial charge in [0, 0.05) is 73.4 Å². The van der Waals surface area contributed by atoms with E-state index >= 15 is 4.39 Å². The number of rotatable bonds is 7. The van der Waals surface area contributed by atoms with E-state index in [4.69, 9.17) is 4.74 Å². The van der Waals surface area contributed by atoms with Crippen LogP contribution in [0, 0.1) is 19.7 Å². The van der Waals surface area contributed by atoms with Crippen molar-refractivity contribution in [2.75, 3.05) is 37.7 Å². The first-order valence-electron chi connectivity index (χ1n) is 17.9. The van der Waals surface area contributed by atoms with Crippen molar-refractivity contribution < 1.29 is 23.8 Å². The number of pyridine rings is 1. The summed E-state index contributed by atoms with van der Waals surface area (Å²) in [6, 6.07) is 22.6. The quantitative estimate of drug-likeness (QED) is 0.187. The lowest BCUT2D eigenvalue weighted by Gasteiger charge is -2.40. The monoisotopic (exact) mass is 712 g/mol. The zero-order valence-corrected chi connectivity index (χ0v) is 30.0. The molecule has 2 N–H and O–H groups in total. The van der Waals surface area contributed by atoms with Gasteiger partial charge in [0.1, 0.15) is 17.2 Å². The molecule has 0 saturated carbocycles. The van der Waals surface area contributed by atoms with Gasteiger partial charge >= 0.3 is 0 Å². The molecule has 1 fully saturated rings. The van der Waals surface area contributed by atoms with E-state index in [1.54, 1.807) is 36.2 Å². The molecule has 0 spiro atoms. The number of anilines is 2. The van der Waals surface area contributed by atoms with Gasteiger partial charge in [0.2, 0.25) is 0 Å². The largest absolute Gasteiger partial charge is 0.508 e. The molecule has 2 aliphatic rings. The second-order valence-electron chi connectivity index (χ2n) is 14.0. The number of nitrogens with one attached hydrogen (secondary N) is 1. The Morgan fingerprint density at radius 1 is 0.981 bits per heavy atom. The van der Waals surface area contributed by atoms with Crippen LogP contribution in [-0.2, 0) is 24.8 Å². The standard InChI is InChI=1S/C42H41FN6O4/c1-26-38(42(52)49(32-9-11-35(50)12-10-32)33-21-29-14-15-46(3)40(29)44-23-33)27(2)45-39(26)37-22-31(43)8-13-36(37)41(51)48-24-30-7-5-4-6-28(30)20-34(48)25-47-16-18-53-19-17-47/h4-15,21-23,34,45,50H,16-20,24-25H2,1-3H3/t34-/m0/s1. The van der Waals surface area contributed by atoms with Gasteiger partial charge in [0.25, 0.3) is 11.8 Å². The number of H-pyrrole nitrogens is 1. The number of nitrogens with zero attached hydrogens (tertiary/aromatic N) is 5. The summed E-state index contributed by atoms with van der Waals surface area (Å²) in [5.41, 5.74) is 6.96. The number of amides is 2. The highest BCUT2D eigenvalue weighted by Gasteiger charge is 2.34. The summed E-state index contributed by atoms with van der Waals surface area (Å²) in [5.74, 6) is -0.951. The van der Waals surface area contributed by atoms with Crippen molar-refractivity contribution in [1.82, 2.24) is 24.3 Å². The third-order valence-electron chi connectivity index (χ3n) is 10.6. The molecule has 53 heavy (non-hydrogen) atoms. The minimum absolute atomic E-state index is 0.0711. The maximum Gasteiger partial charge on any atom is 0.264 e. The van der Waals surface area contributed by atoms with E-state index in [1.807, 2.05) is 53.9 Å². The molecule has 0 aliphatic carbocycles. The molecule has 8 rings (SSSR count). The molecule has 6 aromatic rings. The van der Waals surface area contributed by atoms with Crippen LogP contribution in [-0.4, -0.2) is 80.1 Å². The lowest BCUT2D eigenvalue weighted by Crippen LogP contribution is -2.52. The van der Waals surface area contributed by atoms with E-state index in [9.17, 15) is 14.7 Å². The summed E-state index contributed by atoms with van der Waals surface area (Å²) in [6.07, 6.45) is 4.27.